The summed E-state index contributed by atoms with van der Waals surface area (Å²) in [7, 11) is -2.21. The van der Waals surface area contributed by atoms with Gasteiger partial charge in [0.15, 0.2) is 15.9 Å². The molecular formula is C13H17NO6S. The molecular weight excluding hydrogens is 298 g/mol. The van der Waals surface area contributed by atoms with Gasteiger partial charge in [0.1, 0.15) is 6.10 Å². The second-order valence-corrected chi connectivity index (χ2v) is 6.50. The van der Waals surface area contributed by atoms with Crippen LogP contribution in [0.4, 0.5) is 0 Å². The molecule has 0 spiro atoms. The lowest BCUT2D eigenvalue weighted by Gasteiger charge is -2.21. The van der Waals surface area contributed by atoms with E-state index in [-0.39, 0.29) is 10.5 Å². The third-order valence-electron chi connectivity index (χ3n) is 2.78. The molecule has 2 N–H and O–H groups in total. The van der Waals surface area contributed by atoms with Gasteiger partial charge in [0.05, 0.1) is 12.0 Å². The van der Waals surface area contributed by atoms with Gasteiger partial charge >= 0.3 is 5.97 Å². The number of nitrogens with one attached hydrogen (secondary N) is 1. The van der Waals surface area contributed by atoms with Crippen molar-refractivity contribution in [2.75, 3.05) is 13.4 Å². The topological polar surface area (TPSA) is 110 Å². The third-order valence-corrected chi connectivity index (χ3v) is 3.91. The minimum atomic E-state index is -3.35. The molecule has 0 bridgehead atoms. The molecule has 2 atom stereocenters. The number of rotatable bonds is 5. The summed E-state index contributed by atoms with van der Waals surface area (Å²) in [6, 6.07) is 4.11. The number of ether oxygens (including phenoxy) is 1. The molecule has 0 radical (unpaired) electrons. The largest absolute Gasteiger partial charge is 0.467 e. The molecule has 0 saturated heterocycles. The van der Waals surface area contributed by atoms with E-state index in [1.54, 1.807) is 0 Å². The van der Waals surface area contributed by atoms with E-state index in [1.165, 1.54) is 31.2 Å². The minimum Gasteiger partial charge on any atom is -0.467 e. The molecule has 1 aromatic carbocycles. The third kappa shape index (κ3) is 4.54. The highest BCUT2D eigenvalue weighted by atomic mass is 32.2. The van der Waals surface area contributed by atoms with Crippen LogP contribution >= 0.6 is 0 Å². The van der Waals surface area contributed by atoms with Crippen LogP contribution in [0.1, 0.15) is 18.6 Å². The highest BCUT2D eigenvalue weighted by Crippen LogP contribution is 2.20. The number of carbonyl (C=O) groups excluding carboxylic acids is 2. The molecule has 1 rings (SSSR count). The van der Waals surface area contributed by atoms with Crippen molar-refractivity contribution in [3.8, 4) is 0 Å². The van der Waals surface area contributed by atoms with Crippen LogP contribution in [0, 0.1) is 0 Å². The maximum atomic E-state index is 11.6. The average Bonchev–Trinajstić information content (AvgIpc) is 2.42. The summed E-state index contributed by atoms with van der Waals surface area (Å²) in [5.41, 5.74) is 0.284. The Morgan fingerprint density at radius 1 is 1.24 bits per heavy atom. The molecule has 116 valence electrons. The normalized spacial score (nSPS) is 14.1. The highest BCUT2D eigenvalue weighted by molar-refractivity contribution is 7.90. The number of hydrogen-bond acceptors (Lipinski definition) is 6. The van der Waals surface area contributed by atoms with Crippen molar-refractivity contribution in [3.05, 3.63) is 29.8 Å². The number of aliphatic hydroxyl groups is 1. The molecule has 0 saturated carbocycles. The van der Waals surface area contributed by atoms with E-state index >= 15 is 0 Å². The molecule has 8 heteroatoms. The smallest absolute Gasteiger partial charge is 0.331 e. The SMILES string of the molecule is COC(=O)[C@H](NC(C)=O)[C@H](O)c1ccc(S(C)(=O)=O)cc1. The van der Waals surface area contributed by atoms with Gasteiger partial charge in [-0.3, -0.25) is 4.79 Å². The number of benzene rings is 1. The summed E-state index contributed by atoms with van der Waals surface area (Å²) in [5.74, 6) is -1.30. The molecule has 0 aliphatic heterocycles. The summed E-state index contributed by atoms with van der Waals surface area (Å²) >= 11 is 0. The predicted octanol–water partition coefficient (Wildman–Crippen LogP) is -0.199. The fourth-order valence-electron chi connectivity index (χ4n) is 1.72. The van der Waals surface area contributed by atoms with Gasteiger partial charge in [0.2, 0.25) is 5.91 Å². The number of amides is 1. The van der Waals surface area contributed by atoms with Gasteiger partial charge in [-0.05, 0) is 17.7 Å². The Hall–Kier alpha value is -1.93. The van der Waals surface area contributed by atoms with Gasteiger partial charge < -0.3 is 15.2 Å². The van der Waals surface area contributed by atoms with E-state index < -0.39 is 33.9 Å². The van der Waals surface area contributed by atoms with E-state index in [0.29, 0.717) is 0 Å². The second kappa shape index (κ2) is 6.68. The van der Waals surface area contributed by atoms with E-state index in [2.05, 4.69) is 10.1 Å². The Bertz CT molecular complexity index is 623. The van der Waals surface area contributed by atoms with Gasteiger partial charge in [-0.1, -0.05) is 12.1 Å². The van der Waals surface area contributed by atoms with Crippen LogP contribution < -0.4 is 5.32 Å². The van der Waals surface area contributed by atoms with Crippen molar-refractivity contribution >= 4 is 21.7 Å². The first-order chi connectivity index (χ1) is 9.66. The molecule has 0 aromatic heterocycles. The summed E-state index contributed by atoms with van der Waals surface area (Å²) < 4.78 is 27.2. The molecule has 0 aliphatic rings. The highest BCUT2D eigenvalue weighted by Gasteiger charge is 2.29. The summed E-state index contributed by atoms with van der Waals surface area (Å²) in [6.45, 7) is 1.20. The lowest BCUT2D eigenvalue weighted by molar-refractivity contribution is -0.148. The van der Waals surface area contributed by atoms with Crippen LogP contribution in [0.3, 0.4) is 0 Å². The molecule has 1 aromatic rings. The Labute approximate surface area is 122 Å². The quantitative estimate of drug-likeness (QED) is 0.728. The number of aliphatic hydroxyl groups excluding tert-OH is 1. The Morgan fingerprint density at radius 3 is 2.14 bits per heavy atom. The molecule has 0 aliphatic carbocycles. The molecule has 0 fully saturated rings. The molecule has 7 nitrogen and oxygen atoms in total. The van der Waals surface area contributed by atoms with Gasteiger partial charge in [-0.15, -0.1) is 0 Å². The lowest BCUT2D eigenvalue weighted by atomic mass is 10.0. The number of sulfone groups is 1. The van der Waals surface area contributed by atoms with Crippen molar-refractivity contribution < 1.29 is 27.9 Å². The number of carbonyl (C=O) groups is 2. The Kier molecular flexibility index (Phi) is 5.45. The Morgan fingerprint density at radius 2 is 1.76 bits per heavy atom. The van der Waals surface area contributed by atoms with Gasteiger partial charge in [-0.2, -0.15) is 0 Å². The molecule has 0 heterocycles. The molecule has 1 amide bonds. The second-order valence-electron chi connectivity index (χ2n) is 4.49. The molecule has 21 heavy (non-hydrogen) atoms. The summed E-state index contributed by atoms with van der Waals surface area (Å²) in [5, 5.41) is 12.5. The zero-order valence-electron chi connectivity index (χ0n) is 11.9. The standard InChI is InChI=1S/C13H17NO6S/c1-8(15)14-11(13(17)20-2)12(16)9-4-6-10(7-5-9)21(3,18)19/h4-7,11-12,16H,1-3H3,(H,14,15)/t11-,12-/m1/s1. The van der Waals surface area contributed by atoms with Crippen LogP contribution in [-0.2, 0) is 24.2 Å². The van der Waals surface area contributed by atoms with Gasteiger partial charge in [0.25, 0.3) is 0 Å². The van der Waals surface area contributed by atoms with Crippen LogP contribution in [0.25, 0.3) is 0 Å². The van der Waals surface area contributed by atoms with E-state index in [1.807, 2.05) is 0 Å². The van der Waals surface area contributed by atoms with E-state index in [9.17, 15) is 23.1 Å². The monoisotopic (exact) mass is 315 g/mol. The van der Waals surface area contributed by atoms with Crippen molar-refractivity contribution in [1.29, 1.82) is 0 Å². The van der Waals surface area contributed by atoms with Crippen molar-refractivity contribution in [3.63, 3.8) is 0 Å². The zero-order chi connectivity index (χ0) is 16.2. The maximum Gasteiger partial charge on any atom is 0.331 e. The fraction of sp³-hybridized carbons (Fsp3) is 0.385. The summed E-state index contributed by atoms with van der Waals surface area (Å²) in [6.07, 6.45) is -0.289. The van der Waals surface area contributed by atoms with Crippen LogP contribution in [-0.4, -0.2) is 44.8 Å². The molecule has 0 unspecified atom stereocenters. The van der Waals surface area contributed by atoms with Crippen LogP contribution in [0.15, 0.2) is 29.2 Å². The van der Waals surface area contributed by atoms with Crippen LogP contribution in [0.2, 0.25) is 0 Å². The first-order valence-electron chi connectivity index (χ1n) is 6.00. The number of methoxy groups -OCH3 is 1. The number of hydrogen-bond donors (Lipinski definition) is 2. The van der Waals surface area contributed by atoms with E-state index in [4.69, 9.17) is 0 Å². The number of esters is 1. The first kappa shape index (κ1) is 17.1. The van der Waals surface area contributed by atoms with Gasteiger partial charge in [0, 0.05) is 13.2 Å². The van der Waals surface area contributed by atoms with Gasteiger partial charge in [-0.25, -0.2) is 13.2 Å². The van der Waals surface area contributed by atoms with Crippen LogP contribution in [0.5, 0.6) is 0 Å². The average molecular weight is 315 g/mol. The first-order valence-corrected chi connectivity index (χ1v) is 7.89. The Balaban J connectivity index is 3.06. The zero-order valence-corrected chi connectivity index (χ0v) is 12.7. The minimum absolute atomic E-state index is 0.0904. The lowest BCUT2D eigenvalue weighted by Crippen LogP contribution is -2.44. The van der Waals surface area contributed by atoms with Crippen molar-refractivity contribution in [2.45, 2.75) is 24.0 Å². The fourth-order valence-corrected chi connectivity index (χ4v) is 2.35. The van der Waals surface area contributed by atoms with E-state index in [0.717, 1.165) is 13.4 Å². The van der Waals surface area contributed by atoms with Crippen molar-refractivity contribution in [1.82, 2.24) is 5.32 Å². The maximum absolute atomic E-state index is 11.6. The summed E-state index contributed by atoms with van der Waals surface area (Å²) in [4.78, 5) is 22.8. The predicted molar refractivity (Wildman–Crippen MR) is 74.1 cm³/mol. The van der Waals surface area contributed by atoms with Crippen molar-refractivity contribution in [2.24, 2.45) is 0 Å².